The number of rotatable bonds is 6. The molecule has 0 amide bonds. The molecule has 1 heterocycles. The molecule has 0 aromatic rings. The van der Waals surface area contributed by atoms with E-state index < -0.39 is 0 Å². The average molecular weight is 293 g/mol. The van der Waals surface area contributed by atoms with Crippen LogP contribution in [0.25, 0.3) is 0 Å². The molecule has 1 N–H and O–H groups in total. The Balaban J connectivity index is 1.50. The molecule has 2 heteroatoms. The third-order valence-electron chi connectivity index (χ3n) is 5.65. The van der Waals surface area contributed by atoms with Crippen LogP contribution in [0.2, 0.25) is 0 Å². The van der Waals surface area contributed by atoms with Crippen molar-refractivity contribution in [2.75, 3.05) is 26.2 Å². The number of hydrogen-bond acceptors (Lipinski definition) is 2. The van der Waals surface area contributed by atoms with Crippen molar-refractivity contribution in [1.82, 2.24) is 10.2 Å². The highest BCUT2D eigenvalue weighted by molar-refractivity contribution is 4.89. The van der Waals surface area contributed by atoms with Crippen LogP contribution < -0.4 is 5.32 Å². The van der Waals surface area contributed by atoms with E-state index in [4.69, 9.17) is 0 Å². The minimum atomic E-state index is 0.478. The van der Waals surface area contributed by atoms with Crippen LogP contribution >= 0.6 is 0 Å². The standard InChI is InChI=1S/C19H36N2/c1-19(2,3)10-17-9-18(20-11-15-5-4-6-15)14-21(13-17)12-16-7-8-16/h15-18,20H,4-14H2,1-3H3. The normalized spacial score (nSPS) is 32.1. The number of nitrogens with zero attached hydrogens (tertiary/aromatic N) is 1. The third kappa shape index (κ3) is 5.25. The largest absolute Gasteiger partial charge is 0.312 e. The molecule has 0 aromatic carbocycles. The van der Waals surface area contributed by atoms with Gasteiger partial charge in [0.1, 0.15) is 0 Å². The molecular weight excluding hydrogens is 256 g/mol. The quantitative estimate of drug-likeness (QED) is 0.798. The van der Waals surface area contributed by atoms with Crippen LogP contribution in [0, 0.1) is 23.2 Å². The predicted molar refractivity (Wildman–Crippen MR) is 90.5 cm³/mol. The van der Waals surface area contributed by atoms with E-state index in [0.29, 0.717) is 5.41 Å². The molecule has 0 spiro atoms. The first-order valence-electron chi connectivity index (χ1n) is 9.44. The third-order valence-corrected chi connectivity index (χ3v) is 5.65. The first kappa shape index (κ1) is 15.8. The molecule has 2 saturated carbocycles. The van der Waals surface area contributed by atoms with E-state index in [2.05, 4.69) is 31.0 Å². The number of likely N-dealkylation sites (tertiary alicyclic amines) is 1. The summed E-state index contributed by atoms with van der Waals surface area (Å²) in [6, 6.07) is 0.755. The highest BCUT2D eigenvalue weighted by atomic mass is 15.2. The van der Waals surface area contributed by atoms with Crippen molar-refractivity contribution in [1.29, 1.82) is 0 Å². The number of piperidine rings is 1. The van der Waals surface area contributed by atoms with Crippen molar-refractivity contribution in [3.8, 4) is 0 Å². The van der Waals surface area contributed by atoms with Gasteiger partial charge >= 0.3 is 0 Å². The topological polar surface area (TPSA) is 15.3 Å². The molecule has 1 saturated heterocycles. The van der Waals surface area contributed by atoms with Gasteiger partial charge in [-0.3, -0.25) is 0 Å². The van der Waals surface area contributed by atoms with Crippen molar-refractivity contribution >= 4 is 0 Å². The lowest BCUT2D eigenvalue weighted by Gasteiger charge is -2.41. The monoisotopic (exact) mass is 292 g/mol. The molecule has 21 heavy (non-hydrogen) atoms. The Morgan fingerprint density at radius 3 is 2.29 bits per heavy atom. The van der Waals surface area contributed by atoms with Crippen molar-refractivity contribution in [2.45, 2.75) is 71.8 Å². The summed E-state index contributed by atoms with van der Waals surface area (Å²) >= 11 is 0. The Hall–Kier alpha value is -0.0800. The second kappa shape index (κ2) is 6.58. The zero-order chi connectivity index (χ0) is 14.9. The second-order valence-corrected chi connectivity index (χ2v) is 9.43. The zero-order valence-electron chi connectivity index (χ0n) is 14.5. The van der Waals surface area contributed by atoms with E-state index >= 15 is 0 Å². The summed E-state index contributed by atoms with van der Waals surface area (Å²) < 4.78 is 0. The van der Waals surface area contributed by atoms with Crippen molar-refractivity contribution in [2.24, 2.45) is 23.2 Å². The summed E-state index contributed by atoms with van der Waals surface area (Å²) in [5, 5.41) is 3.92. The van der Waals surface area contributed by atoms with Gasteiger partial charge in [-0.25, -0.2) is 0 Å². The van der Waals surface area contributed by atoms with E-state index in [1.54, 1.807) is 0 Å². The van der Waals surface area contributed by atoms with Crippen molar-refractivity contribution in [3.63, 3.8) is 0 Å². The van der Waals surface area contributed by atoms with E-state index in [1.807, 2.05) is 0 Å². The summed E-state index contributed by atoms with van der Waals surface area (Å²) in [6.45, 7) is 12.5. The fraction of sp³-hybridized carbons (Fsp3) is 1.00. The molecule has 3 aliphatic rings. The van der Waals surface area contributed by atoms with Crippen molar-refractivity contribution in [3.05, 3.63) is 0 Å². The summed E-state index contributed by atoms with van der Waals surface area (Å²) in [6.07, 6.45) is 10.2. The Morgan fingerprint density at radius 2 is 1.71 bits per heavy atom. The lowest BCUT2D eigenvalue weighted by Crippen LogP contribution is -2.51. The Kier molecular flexibility index (Phi) is 4.95. The van der Waals surface area contributed by atoms with Gasteiger partial charge in [0.2, 0.25) is 0 Å². The summed E-state index contributed by atoms with van der Waals surface area (Å²) in [4.78, 5) is 2.79. The first-order valence-corrected chi connectivity index (χ1v) is 9.44. The molecule has 2 aliphatic carbocycles. The lowest BCUT2D eigenvalue weighted by molar-refractivity contribution is 0.106. The molecule has 0 bridgehead atoms. The minimum Gasteiger partial charge on any atom is -0.312 e. The van der Waals surface area contributed by atoms with Gasteiger partial charge in [-0.1, -0.05) is 27.2 Å². The van der Waals surface area contributed by atoms with E-state index in [1.165, 1.54) is 71.1 Å². The van der Waals surface area contributed by atoms with Gasteiger partial charge < -0.3 is 10.2 Å². The molecule has 122 valence electrons. The molecule has 2 atom stereocenters. The van der Waals surface area contributed by atoms with Crippen molar-refractivity contribution < 1.29 is 0 Å². The summed E-state index contributed by atoms with van der Waals surface area (Å²) in [5.74, 6) is 2.92. The van der Waals surface area contributed by atoms with Gasteiger partial charge in [-0.2, -0.15) is 0 Å². The fourth-order valence-corrected chi connectivity index (χ4v) is 4.31. The molecule has 0 aromatic heterocycles. The van der Waals surface area contributed by atoms with Gasteiger partial charge in [0.15, 0.2) is 0 Å². The summed E-state index contributed by atoms with van der Waals surface area (Å²) in [5.41, 5.74) is 0.478. The smallest absolute Gasteiger partial charge is 0.0198 e. The Morgan fingerprint density at radius 1 is 0.952 bits per heavy atom. The molecule has 2 nitrogen and oxygen atoms in total. The second-order valence-electron chi connectivity index (χ2n) is 9.43. The van der Waals surface area contributed by atoms with Crippen LogP contribution in [-0.2, 0) is 0 Å². The highest BCUT2D eigenvalue weighted by Crippen LogP contribution is 2.34. The van der Waals surface area contributed by atoms with E-state index in [0.717, 1.165) is 23.8 Å². The maximum atomic E-state index is 3.92. The van der Waals surface area contributed by atoms with Gasteiger partial charge in [0, 0.05) is 25.7 Å². The summed E-state index contributed by atoms with van der Waals surface area (Å²) in [7, 11) is 0. The molecular formula is C19H36N2. The Bertz CT molecular complexity index is 325. The zero-order valence-corrected chi connectivity index (χ0v) is 14.5. The van der Waals surface area contributed by atoms with Gasteiger partial charge in [0.25, 0.3) is 0 Å². The maximum Gasteiger partial charge on any atom is 0.0198 e. The average Bonchev–Trinajstić information content (AvgIpc) is 3.08. The number of nitrogens with one attached hydrogen (secondary N) is 1. The molecule has 3 fully saturated rings. The molecule has 0 radical (unpaired) electrons. The van der Waals surface area contributed by atoms with Crippen LogP contribution in [0.15, 0.2) is 0 Å². The lowest BCUT2D eigenvalue weighted by atomic mass is 9.79. The van der Waals surface area contributed by atoms with Crippen LogP contribution in [0.1, 0.15) is 65.7 Å². The number of hydrogen-bond donors (Lipinski definition) is 1. The SMILES string of the molecule is CC(C)(C)CC1CC(NCC2CCC2)CN(CC2CC2)C1. The van der Waals surface area contributed by atoms with Crippen LogP contribution in [0.5, 0.6) is 0 Å². The first-order chi connectivity index (χ1) is 9.98. The van der Waals surface area contributed by atoms with Crippen LogP contribution in [0.4, 0.5) is 0 Å². The highest BCUT2D eigenvalue weighted by Gasteiger charge is 2.33. The fourth-order valence-electron chi connectivity index (χ4n) is 4.31. The molecule has 3 rings (SSSR count). The van der Waals surface area contributed by atoms with Gasteiger partial charge in [-0.15, -0.1) is 0 Å². The molecule has 2 unspecified atom stereocenters. The van der Waals surface area contributed by atoms with Gasteiger partial charge in [-0.05, 0) is 68.2 Å². The van der Waals surface area contributed by atoms with Crippen LogP contribution in [-0.4, -0.2) is 37.1 Å². The molecule has 1 aliphatic heterocycles. The van der Waals surface area contributed by atoms with E-state index in [9.17, 15) is 0 Å². The van der Waals surface area contributed by atoms with E-state index in [-0.39, 0.29) is 0 Å². The predicted octanol–water partition coefficient (Wildman–Crippen LogP) is 3.91. The maximum absolute atomic E-state index is 3.92. The van der Waals surface area contributed by atoms with Crippen LogP contribution in [0.3, 0.4) is 0 Å². The minimum absolute atomic E-state index is 0.478. The Labute approximate surface area is 132 Å². The van der Waals surface area contributed by atoms with Gasteiger partial charge in [0.05, 0.1) is 0 Å².